The molecule has 0 atom stereocenters. The van der Waals surface area contributed by atoms with Gasteiger partial charge in [0.1, 0.15) is 4.99 Å². The van der Waals surface area contributed by atoms with Crippen molar-refractivity contribution in [2.45, 2.75) is 13.3 Å². The monoisotopic (exact) mass is 366 g/mol. The van der Waals surface area contributed by atoms with E-state index in [2.05, 4.69) is 39.1 Å². The van der Waals surface area contributed by atoms with E-state index in [0.717, 1.165) is 44.0 Å². The number of aliphatic hydroxyl groups excluding tert-OH is 1. The van der Waals surface area contributed by atoms with Crippen molar-refractivity contribution in [2.24, 2.45) is 10.7 Å². The van der Waals surface area contributed by atoms with E-state index in [4.69, 9.17) is 23.1 Å². The number of nitrogens with zero attached hydrogens (tertiary/aromatic N) is 3. The van der Waals surface area contributed by atoms with Crippen LogP contribution in [0.3, 0.4) is 0 Å². The molecular weight excluding hydrogens is 340 g/mol. The lowest BCUT2D eigenvalue weighted by Gasteiger charge is -2.35. The van der Waals surface area contributed by atoms with Crippen LogP contribution in [0.25, 0.3) is 0 Å². The fourth-order valence-electron chi connectivity index (χ4n) is 2.71. The summed E-state index contributed by atoms with van der Waals surface area (Å²) >= 11 is 6.81. The summed E-state index contributed by atoms with van der Waals surface area (Å²) in [4.78, 5) is 9.55. The highest BCUT2D eigenvalue weighted by Gasteiger charge is 2.16. The molecule has 0 bridgehead atoms. The number of rotatable bonds is 6. The zero-order chi connectivity index (χ0) is 17.4. The van der Waals surface area contributed by atoms with Crippen molar-refractivity contribution in [2.75, 3.05) is 50.0 Å². The van der Waals surface area contributed by atoms with Crippen molar-refractivity contribution in [1.82, 2.24) is 4.90 Å². The molecule has 1 fully saturated rings. The second kappa shape index (κ2) is 9.98. The van der Waals surface area contributed by atoms with Crippen LogP contribution in [0.4, 0.5) is 5.69 Å². The van der Waals surface area contributed by atoms with Gasteiger partial charge < -0.3 is 15.7 Å². The summed E-state index contributed by atoms with van der Waals surface area (Å²) in [5.74, 6) is 0.901. The Morgan fingerprint density at radius 3 is 2.50 bits per heavy atom. The van der Waals surface area contributed by atoms with E-state index < -0.39 is 0 Å². The summed E-state index contributed by atoms with van der Waals surface area (Å²) in [6.07, 6.45) is 0.644. The molecular formula is C17H26N4OS2. The number of benzene rings is 1. The minimum atomic E-state index is 0.234. The van der Waals surface area contributed by atoms with Crippen LogP contribution < -0.4 is 10.6 Å². The molecule has 5 nitrogen and oxygen atoms in total. The normalized spacial score (nSPS) is 16.4. The van der Waals surface area contributed by atoms with Gasteiger partial charge in [-0.3, -0.25) is 4.90 Å². The number of aliphatic imine (C=N–C) groups is 1. The molecule has 132 valence electrons. The minimum absolute atomic E-state index is 0.234. The van der Waals surface area contributed by atoms with Gasteiger partial charge in [0.05, 0.1) is 6.61 Å². The first kappa shape index (κ1) is 19.2. The molecule has 3 N–H and O–H groups in total. The molecule has 7 heteroatoms. The van der Waals surface area contributed by atoms with Gasteiger partial charge in [-0.1, -0.05) is 43.0 Å². The fraction of sp³-hybridized carbons (Fsp3) is 0.529. The van der Waals surface area contributed by atoms with Crippen molar-refractivity contribution >= 4 is 39.8 Å². The zero-order valence-electron chi connectivity index (χ0n) is 14.1. The predicted molar refractivity (Wildman–Crippen MR) is 108 cm³/mol. The minimum Gasteiger partial charge on any atom is -0.395 e. The fourth-order valence-corrected chi connectivity index (χ4v) is 3.51. The first-order valence-electron chi connectivity index (χ1n) is 8.29. The topological polar surface area (TPSA) is 65.1 Å². The Hall–Kier alpha value is -1.15. The van der Waals surface area contributed by atoms with Gasteiger partial charge in [-0.15, -0.1) is 0 Å². The van der Waals surface area contributed by atoms with Crippen molar-refractivity contribution in [3.05, 3.63) is 29.8 Å². The number of β-amino-alcohol motifs (C(OH)–C–C–N with tert-alkyl or cyclic N) is 1. The number of hydrogen-bond acceptors (Lipinski definition) is 5. The van der Waals surface area contributed by atoms with Gasteiger partial charge in [-0.05, 0) is 23.4 Å². The second-order valence-electron chi connectivity index (χ2n) is 5.67. The SMILES string of the molecule is CCSC(N)=NC(=S)Cc1ccc(N2CCN(CCO)CC2)cc1. The maximum absolute atomic E-state index is 9.00. The van der Waals surface area contributed by atoms with Crippen LogP contribution in [-0.2, 0) is 6.42 Å². The van der Waals surface area contributed by atoms with Gasteiger partial charge in [-0.2, -0.15) is 0 Å². The number of amidine groups is 1. The summed E-state index contributed by atoms with van der Waals surface area (Å²) in [5.41, 5.74) is 8.18. The van der Waals surface area contributed by atoms with Crippen LogP contribution >= 0.6 is 24.0 Å². The van der Waals surface area contributed by atoms with Gasteiger partial charge in [0.25, 0.3) is 0 Å². The van der Waals surface area contributed by atoms with Gasteiger partial charge in [0, 0.05) is 44.8 Å². The number of thioether (sulfide) groups is 1. The van der Waals surface area contributed by atoms with E-state index in [1.165, 1.54) is 17.4 Å². The lowest BCUT2D eigenvalue weighted by Crippen LogP contribution is -2.47. The van der Waals surface area contributed by atoms with Gasteiger partial charge in [-0.25, -0.2) is 4.99 Å². The molecule has 0 saturated carbocycles. The summed E-state index contributed by atoms with van der Waals surface area (Å²) in [6.45, 7) is 7.02. The third-order valence-corrected chi connectivity index (χ3v) is 4.88. The highest BCUT2D eigenvalue weighted by Crippen LogP contribution is 2.18. The van der Waals surface area contributed by atoms with Crippen LogP contribution in [0.2, 0.25) is 0 Å². The van der Waals surface area contributed by atoms with Gasteiger partial charge in [0.15, 0.2) is 5.17 Å². The van der Waals surface area contributed by atoms with Crippen molar-refractivity contribution < 1.29 is 5.11 Å². The summed E-state index contributed by atoms with van der Waals surface area (Å²) in [6, 6.07) is 8.52. The Labute approximate surface area is 153 Å². The Balaban J connectivity index is 1.87. The number of piperazine rings is 1. The van der Waals surface area contributed by atoms with Crippen LogP contribution in [-0.4, -0.2) is 65.2 Å². The number of hydrogen-bond donors (Lipinski definition) is 2. The molecule has 0 radical (unpaired) electrons. The summed E-state index contributed by atoms with van der Waals surface area (Å²) in [5, 5.41) is 9.55. The predicted octanol–water partition coefficient (Wildman–Crippen LogP) is 1.74. The lowest BCUT2D eigenvalue weighted by atomic mass is 10.1. The maximum atomic E-state index is 9.00. The average Bonchev–Trinajstić information content (AvgIpc) is 2.57. The molecule has 1 heterocycles. The van der Waals surface area contributed by atoms with Crippen molar-refractivity contribution in [1.29, 1.82) is 0 Å². The van der Waals surface area contributed by atoms with Crippen LogP contribution in [0, 0.1) is 0 Å². The summed E-state index contributed by atoms with van der Waals surface area (Å²) < 4.78 is 0. The van der Waals surface area contributed by atoms with Crippen molar-refractivity contribution in [3.8, 4) is 0 Å². The average molecular weight is 367 g/mol. The first-order valence-corrected chi connectivity index (χ1v) is 9.68. The number of aliphatic hydroxyl groups is 1. The second-order valence-corrected chi connectivity index (χ2v) is 7.43. The number of nitrogens with two attached hydrogens (primary N) is 1. The van der Waals surface area contributed by atoms with Crippen LogP contribution in [0.5, 0.6) is 0 Å². The first-order chi connectivity index (χ1) is 11.6. The molecule has 1 aliphatic rings. The molecule has 1 aromatic carbocycles. The Bertz CT molecular complexity index is 554. The Kier molecular flexibility index (Phi) is 7.98. The number of thiocarbonyl (C=S) groups is 1. The third kappa shape index (κ3) is 6.05. The van der Waals surface area contributed by atoms with E-state index in [-0.39, 0.29) is 6.61 Å². The smallest absolute Gasteiger partial charge is 0.159 e. The van der Waals surface area contributed by atoms with Gasteiger partial charge >= 0.3 is 0 Å². The van der Waals surface area contributed by atoms with E-state index in [1.807, 2.05) is 6.92 Å². The standard InChI is InChI=1S/C17H26N4OS2/c1-2-24-17(18)19-16(23)13-14-3-5-15(6-4-14)21-9-7-20(8-10-21)11-12-22/h3-6,22H,2,7-13H2,1H3,(H2,18,19,23). The van der Waals surface area contributed by atoms with E-state index >= 15 is 0 Å². The largest absolute Gasteiger partial charge is 0.395 e. The quantitative estimate of drug-likeness (QED) is 0.454. The van der Waals surface area contributed by atoms with Crippen LogP contribution in [0.15, 0.2) is 29.3 Å². The molecule has 1 saturated heterocycles. The molecule has 0 unspecified atom stereocenters. The van der Waals surface area contributed by atoms with E-state index in [0.29, 0.717) is 16.6 Å². The molecule has 2 rings (SSSR count). The molecule has 24 heavy (non-hydrogen) atoms. The molecule has 0 amide bonds. The van der Waals surface area contributed by atoms with E-state index in [9.17, 15) is 0 Å². The number of anilines is 1. The summed E-state index contributed by atoms with van der Waals surface area (Å²) in [7, 11) is 0. The zero-order valence-corrected chi connectivity index (χ0v) is 15.8. The van der Waals surface area contributed by atoms with Crippen molar-refractivity contribution in [3.63, 3.8) is 0 Å². The molecule has 0 spiro atoms. The third-order valence-electron chi connectivity index (χ3n) is 3.97. The molecule has 0 aliphatic carbocycles. The Morgan fingerprint density at radius 1 is 1.25 bits per heavy atom. The van der Waals surface area contributed by atoms with Gasteiger partial charge in [0.2, 0.25) is 0 Å². The molecule has 0 aromatic heterocycles. The van der Waals surface area contributed by atoms with Crippen LogP contribution in [0.1, 0.15) is 12.5 Å². The molecule has 1 aromatic rings. The molecule has 1 aliphatic heterocycles. The van der Waals surface area contributed by atoms with E-state index in [1.54, 1.807) is 0 Å². The highest BCUT2D eigenvalue weighted by molar-refractivity contribution is 8.13. The lowest BCUT2D eigenvalue weighted by molar-refractivity contribution is 0.189. The highest BCUT2D eigenvalue weighted by atomic mass is 32.2. The maximum Gasteiger partial charge on any atom is 0.159 e. The Morgan fingerprint density at radius 2 is 1.92 bits per heavy atom.